The van der Waals surface area contributed by atoms with Crippen molar-refractivity contribution >= 4 is 33.8 Å². The maximum absolute atomic E-state index is 13.9. The second-order valence-electron chi connectivity index (χ2n) is 7.21. The van der Waals surface area contributed by atoms with E-state index in [0.29, 0.717) is 12.1 Å². The van der Waals surface area contributed by atoms with Gasteiger partial charge in [-0.3, -0.25) is 4.79 Å². The first-order valence-corrected chi connectivity index (χ1v) is 9.49. The van der Waals surface area contributed by atoms with Crippen LogP contribution >= 0.6 is 0 Å². The van der Waals surface area contributed by atoms with Gasteiger partial charge in [0.05, 0.1) is 16.8 Å². The van der Waals surface area contributed by atoms with Crippen molar-refractivity contribution in [1.82, 2.24) is 0 Å². The number of benzene rings is 3. The van der Waals surface area contributed by atoms with E-state index in [0.717, 1.165) is 47.4 Å². The van der Waals surface area contributed by atoms with Crippen LogP contribution in [0, 0.1) is 72.6 Å². The molecule has 0 aliphatic rings. The van der Waals surface area contributed by atoms with Crippen LogP contribution in [0.4, 0.5) is 47.8 Å². The van der Waals surface area contributed by atoms with Gasteiger partial charge < -0.3 is 25.4 Å². The summed E-state index contributed by atoms with van der Waals surface area (Å²) < 4.78 is 98.9. The molecule has 1 radical (unpaired) electrons. The third-order valence-corrected chi connectivity index (χ3v) is 4.82. The number of fused-ring (bicyclic) bond motifs is 1. The van der Waals surface area contributed by atoms with E-state index in [1.165, 1.54) is 0 Å². The van der Waals surface area contributed by atoms with E-state index in [1.807, 2.05) is 0 Å². The van der Waals surface area contributed by atoms with E-state index in [-0.39, 0.29) is 77.4 Å². The molecule has 1 aromatic heterocycles. The predicted molar refractivity (Wildman–Crippen MR) is 116 cm³/mol. The van der Waals surface area contributed by atoms with Crippen LogP contribution in [-0.4, -0.2) is 28.0 Å². The Balaban J connectivity index is 0.00000241. The standard InChI is InChI=1S/C23H10F7NO4.Eu.2H2O/c24-10-3-11(25)6-15(5-10)31(16-7-12(26)4-13(27)8-16)14-1-2-17-18(9-14)35-22(34)19(20(17)32)21(33)23(28,29)30;;;/h1-9,32H;;2*1H2. The fraction of sp³-hybridized carbons (Fsp3) is 0.0435. The summed E-state index contributed by atoms with van der Waals surface area (Å²) in [4.78, 5) is 24.6. The number of alkyl halides is 3. The van der Waals surface area contributed by atoms with Crippen LogP contribution in [0.25, 0.3) is 11.0 Å². The van der Waals surface area contributed by atoms with E-state index in [9.17, 15) is 45.4 Å². The van der Waals surface area contributed by atoms with Gasteiger partial charge in [-0.15, -0.1) is 0 Å². The SMILES string of the molecule is O.O.O=C(c1c(O)c2ccc(N(c3cc(F)cc(F)c3)c3cc(F)cc(F)c3)cc2oc1=O)C(F)(F)F.[Eu]. The summed E-state index contributed by atoms with van der Waals surface area (Å²) in [6, 6.07) is 7.41. The summed E-state index contributed by atoms with van der Waals surface area (Å²) in [6.07, 6.45) is -5.47. The van der Waals surface area contributed by atoms with E-state index in [4.69, 9.17) is 4.42 Å². The minimum atomic E-state index is -5.47. The van der Waals surface area contributed by atoms with Gasteiger partial charge >= 0.3 is 11.8 Å². The van der Waals surface area contributed by atoms with Gasteiger partial charge in [0, 0.05) is 73.3 Å². The Labute approximate surface area is 248 Å². The molecule has 0 saturated carbocycles. The minimum Gasteiger partial charge on any atom is -0.506 e. The Hall–Kier alpha value is -2.85. The van der Waals surface area contributed by atoms with E-state index >= 15 is 0 Å². The zero-order valence-electron chi connectivity index (χ0n) is 18.3. The normalized spacial score (nSPS) is 10.7. The van der Waals surface area contributed by atoms with Gasteiger partial charge in [-0.2, -0.15) is 13.2 Å². The fourth-order valence-corrected chi connectivity index (χ4v) is 3.44. The summed E-state index contributed by atoms with van der Waals surface area (Å²) >= 11 is 0. The number of hydrogen-bond acceptors (Lipinski definition) is 5. The number of rotatable bonds is 4. The Morgan fingerprint density at radius 2 is 1.21 bits per heavy atom. The first-order chi connectivity index (χ1) is 16.3. The summed E-state index contributed by atoms with van der Waals surface area (Å²) in [7, 11) is 0. The van der Waals surface area contributed by atoms with E-state index < -0.39 is 63.1 Å². The van der Waals surface area contributed by atoms with Gasteiger partial charge in [0.15, 0.2) is 5.56 Å². The first kappa shape index (κ1) is 33.2. The Kier molecular flexibility index (Phi) is 10.8. The number of carbonyl (C=O) groups is 1. The molecule has 0 amide bonds. The Morgan fingerprint density at radius 1 is 0.763 bits per heavy atom. The van der Waals surface area contributed by atoms with Crippen LogP contribution < -0.4 is 10.5 Å². The zero-order valence-corrected chi connectivity index (χ0v) is 20.8. The number of hydrogen-bond donors (Lipinski definition) is 1. The van der Waals surface area contributed by atoms with Crippen LogP contribution in [0.2, 0.25) is 0 Å². The van der Waals surface area contributed by atoms with Crippen molar-refractivity contribution in [2.75, 3.05) is 4.90 Å². The number of anilines is 3. The molecule has 7 nitrogen and oxygen atoms in total. The van der Waals surface area contributed by atoms with Crippen molar-refractivity contribution in [2.24, 2.45) is 0 Å². The molecule has 4 aromatic rings. The molecule has 0 spiro atoms. The average molecular weight is 685 g/mol. The smallest absolute Gasteiger partial charge is 0.455 e. The third kappa shape index (κ3) is 6.58. The number of ketones is 1. The Bertz CT molecular complexity index is 1470. The van der Waals surface area contributed by atoms with Crippen LogP contribution in [0.1, 0.15) is 10.4 Å². The van der Waals surface area contributed by atoms with Crippen molar-refractivity contribution in [2.45, 2.75) is 6.18 Å². The van der Waals surface area contributed by atoms with Crippen molar-refractivity contribution in [3.63, 3.8) is 0 Å². The zero-order chi connectivity index (χ0) is 25.7. The van der Waals surface area contributed by atoms with Crippen LogP contribution in [0.3, 0.4) is 0 Å². The third-order valence-electron chi connectivity index (χ3n) is 4.82. The first-order valence-electron chi connectivity index (χ1n) is 9.49. The fourth-order valence-electron chi connectivity index (χ4n) is 3.44. The molecule has 38 heavy (non-hydrogen) atoms. The molecule has 1 heterocycles. The molecule has 3 aromatic carbocycles. The molecule has 0 bridgehead atoms. The molecule has 0 aliphatic heterocycles. The quantitative estimate of drug-likeness (QED) is 0.190. The molecule has 203 valence electrons. The molecule has 5 N–H and O–H groups in total. The van der Waals surface area contributed by atoms with E-state index in [1.54, 1.807) is 0 Å². The molecule has 4 rings (SSSR count). The number of nitrogens with zero attached hydrogens (tertiary/aromatic N) is 1. The monoisotopic (exact) mass is 686 g/mol. The second kappa shape index (κ2) is 12.3. The Morgan fingerprint density at radius 3 is 1.63 bits per heavy atom. The van der Waals surface area contributed by atoms with Crippen LogP contribution in [-0.2, 0) is 0 Å². The molecule has 0 saturated heterocycles. The van der Waals surface area contributed by atoms with Gasteiger partial charge in [0.2, 0.25) is 0 Å². The van der Waals surface area contributed by atoms with Gasteiger partial charge in [0.25, 0.3) is 5.78 Å². The molecular formula is C23H14EuF7NO6. The largest absolute Gasteiger partial charge is 0.506 e. The van der Waals surface area contributed by atoms with Gasteiger partial charge in [-0.05, 0) is 36.4 Å². The number of aromatic hydroxyl groups is 1. The van der Waals surface area contributed by atoms with Crippen LogP contribution in [0.5, 0.6) is 5.75 Å². The van der Waals surface area contributed by atoms with Gasteiger partial charge in [-0.25, -0.2) is 22.4 Å². The van der Waals surface area contributed by atoms with Crippen molar-refractivity contribution in [1.29, 1.82) is 0 Å². The molecule has 15 heteroatoms. The summed E-state index contributed by atoms with van der Waals surface area (Å²) in [5.41, 5.74) is -4.60. The maximum atomic E-state index is 13.9. The number of Topliss-reactive ketones (excluding diaryl/α,β-unsaturated/α-hetero) is 1. The topological polar surface area (TPSA) is 134 Å². The predicted octanol–water partition coefficient (Wildman–Crippen LogP) is 4.62. The minimum absolute atomic E-state index is 0. The van der Waals surface area contributed by atoms with Crippen molar-refractivity contribution < 1.29 is 105 Å². The molecular weight excluding hydrogens is 671 g/mol. The molecule has 0 atom stereocenters. The van der Waals surface area contributed by atoms with Gasteiger partial charge in [-0.1, -0.05) is 0 Å². The van der Waals surface area contributed by atoms with E-state index in [2.05, 4.69) is 0 Å². The summed E-state index contributed by atoms with van der Waals surface area (Å²) in [6.45, 7) is 0. The number of carbonyl (C=O) groups excluding carboxylic acids is 1. The molecule has 0 aliphatic carbocycles. The van der Waals surface area contributed by atoms with Crippen LogP contribution in [0.15, 0.2) is 63.8 Å². The summed E-state index contributed by atoms with van der Waals surface area (Å²) in [5.74, 6) is -8.08. The van der Waals surface area contributed by atoms with Gasteiger partial charge in [0.1, 0.15) is 34.6 Å². The maximum Gasteiger partial charge on any atom is 0.455 e. The second-order valence-corrected chi connectivity index (χ2v) is 7.21. The number of halogens is 7. The molecule has 0 unspecified atom stereocenters. The average Bonchev–Trinajstić information content (AvgIpc) is 2.71. The summed E-state index contributed by atoms with van der Waals surface area (Å²) in [5, 5.41) is 9.71. The van der Waals surface area contributed by atoms with Crippen molar-refractivity contribution in [3.05, 3.63) is 93.8 Å². The van der Waals surface area contributed by atoms with Crippen molar-refractivity contribution in [3.8, 4) is 5.75 Å². The molecule has 0 fully saturated rings.